The minimum Gasteiger partial charge on any atom is -0.478 e. The molecule has 1 heterocycles. The zero-order valence-electron chi connectivity index (χ0n) is 10.6. The third kappa shape index (κ3) is 2.13. The molecule has 2 N–H and O–H groups in total. The molecule has 5 nitrogen and oxygen atoms in total. The molecule has 100 valence electrons. The highest BCUT2D eigenvalue weighted by Gasteiger charge is 2.19. The maximum Gasteiger partial charge on any atom is 0.336 e. The van der Waals surface area contributed by atoms with Gasteiger partial charge in [0.2, 0.25) is 0 Å². The van der Waals surface area contributed by atoms with E-state index < -0.39 is 5.97 Å². The molecular formula is C14H15NO4. The summed E-state index contributed by atoms with van der Waals surface area (Å²) in [6, 6.07) is 4.95. The number of rotatable bonds is 5. The largest absolute Gasteiger partial charge is 0.478 e. The van der Waals surface area contributed by atoms with Crippen molar-refractivity contribution in [3.63, 3.8) is 0 Å². The van der Waals surface area contributed by atoms with Crippen molar-refractivity contribution in [1.82, 2.24) is 4.57 Å². The SMILES string of the molecule is Cc1c(C=O)c2c(C(=O)O)cccc2n1CCCO. The number of carbonyl (C=O) groups excluding carboxylic acids is 1. The molecule has 0 atom stereocenters. The molecule has 0 aliphatic heterocycles. The Labute approximate surface area is 110 Å². The van der Waals surface area contributed by atoms with Gasteiger partial charge >= 0.3 is 5.97 Å². The van der Waals surface area contributed by atoms with Crippen LogP contribution < -0.4 is 0 Å². The first-order valence-corrected chi connectivity index (χ1v) is 6.03. The number of carboxylic acid groups (broad SMARTS) is 1. The second-order valence-electron chi connectivity index (χ2n) is 4.35. The number of hydrogen-bond donors (Lipinski definition) is 2. The Morgan fingerprint density at radius 3 is 2.74 bits per heavy atom. The molecule has 1 aromatic carbocycles. The summed E-state index contributed by atoms with van der Waals surface area (Å²) in [5, 5.41) is 18.6. The number of benzene rings is 1. The van der Waals surface area contributed by atoms with E-state index in [9.17, 15) is 14.7 Å². The Bertz CT molecular complexity index is 642. The van der Waals surface area contributed by atoms with Crippen LogP contribution in [-0.4, -0.2) is 33.6 Å². The number of aliphatic hydroxyl groups is 1. The Hall–Kier alpha value is -2.14. The van der Waals surface area contributed by atoms with Crippen LogP contribution in [0, 0.1) is 6.92 Å². The third-order valence-corrected chi connectivity index (χ3v) is 3.29. The van der Waals surface area contributed by atoms with E-state index in [1.165, 1.54) is 6.07 Å². The van der Waals surface area contributed by atoms with Crippen molar-refractivity contribution in [1.29, 1.82) is 0 Å². The van der Waals surface area contributed by atoms with Gasteiger partial charge in [0, 0.05) is 35.3 Å². The van der Waals surface area contributed by atoms with E-state index in [0.717, 1.165) is 5.69 Å². The van der Waals surface area contributed by atoms with E-state index in [-0.39, 0.29) is 12.2 Å². The number of aromatic carboxylic acids is 1. The smallest absolute Gasteiger partial charge is 0.336 e. The van der Waals surface area contributed by atoms with Gasteiger partial charge < -0.3 is 14.8 Å². The lowest BCUT2D eigenvalue weighted by Crippen LogP contribution is -2.02. The first-order chi connectivity index (χ1) is 9.11. The number of nitrogens with zero attached hydrogens (tertiary/aromatic N) is 1. The van der Waals surface area contributed by atoms with Crippen molar-refractivity contribution in [2.75, 3.05) is 6.61 Å². The van der Waals surface area contributed by atoms with Crippen molar-refractivity contribution >= 4 is 23.2 Å². The van der Waals surface area contributed by atoms with Gasteiger partial charge in [-0.3, -0.25) is 4.79 Å². The lowest BCUT2D eigenvalue weighted by atomic mass is 10.1. The van der Waals surface area contributed by atoms with Gasteiger partial charge in [-0.05, 0) is 25.5 Å². The number of aldehydes is 1. The zero-order valence-corrected chi connectivity index (χ0v) is 10.6. The molecule has 0 aliphatic carbocycles. The van der Waals surface area contributed by atoms with Gasteiger partial charge in [-0.25, -0.2) is 4.79 Å². The van der Waals surface area contributed by atoms with Crippen LogP contribution in [0.5, 0.6) is 0 Å². The average molecular weight is 261 g/mol. The fourth-order valence-corrected chi connectivity index (χ4v) is 2.39. The highest BCUT2D eigenvalue weighted by atomic mass is 16.4. The predicted molar refractivity (Wildman–Crippen MR) is 70.7 cm³/mol. The molecule has 0 saturated carbocycles. The van der Waals surface area contributed by atoms with Gasteiger partial charge in [0.15, 0.2) is 6.29 Å². The minimum atomic E-state index is -1.05. The molecule has 19 heavy (non-hydrogen) atoms. The van der Waals surface area contributed by atoms with Crippen LogP contribution in [0.25, 0.3) is 10.9 Å². The van der Waals surface area contributed by atoms with Crippen molar-refractivity contribution < 1.29 is 19.8 Å². The van der Waals surface area contributed by atoms with E-state index in [4.69, 9.17) is 5.11 Å². The molecule has 0 aliphatic rings. The molecule has 0 fully saturated rings. The number of aliphatic hydroxyl groups excluding tert-OH is 1. The molecule has 5 heteroatoms. The summed E-state index contributed by atoms with van der Waals surface area (Å²) in [6.07, 6.45) is 1.25. The van der Waals surface area contributed by atoms with Gasteiger partial charge in [-0.2, -0.15) is 0 Å². The average Bonchev–Trinajstić information content (AvgIpc) is 2.67. The Balaban J connectivity index is 2.78. The molecule has 0 spiro atoms. The molecule has 2 aromatic rings. The van der Waals surface area contributed by atoms with E-state index in [1.54, 1.807) is 19.1 Å². The maximum absolute atomic E-state index is 11.3. The molecule has 1 aromatic heterocycles. The minimum absolute atomic E-state index is 0.0498. The quantitative estimate of drug-likeness (QED) is 0.805. The normalized spacial score (nSPS) is 10.8. The van der Waals surface area contributed by atoms with E-state index >= 15 is 0 Å². The van der Waals surface area contributed by atoms with E-state index in [2.05, 4.69) is 0 Å². The summed E-state index contributed by atoms with van der Waals surface area (Å²) in [5.74, 6) is -1.05. The van der Waals surface area contributed by atoms with Crippen molar-refractivity contribution in [3.05, 3.63) is 35.0 Å². The molecule has 0 radical (unpaired) electrons. The van der Waals surface area contributed by atoms with Crippen LogP contribution >= 0.6 is 0 Å². The zero-order chi connectivity index (χ0) is 14.0. The Morgan fingerprint density at radius 2 is 2.16 bits per heavy atom. The van der Waals surface area contributed by atoms with E-state index in [0.29, 0.717) is 35.7 Å². The highest BCUT2D eigenvalue weighted by Crippen LogP contribution is 2.28. The van der Waals surface area contributed by atoms with Crippen LogP contribution in [0.4, 0.5) is 0 Å². The predicted octanol–water partition coefficient (Wildman–Crippen LogP) is 1.84. The molecule has 2 rings (SSSR count). The fourth-order valence-electron chi connectivity index (χ4n) is 2.39. The standard InChI is InChI=1S/C14H15NO4/c1-9-11(8-17)13-10(14(18)19)4-2-5-12(13)15(9)6-3-7-16/h2,4-5,8,16H,3,6-7H2,1H3,(H,18,19). The summed E-state index contributed by atoms with van der Waals surface area (Å²) in [6.45, 7) is 2.39. The molecule has 0 bridgehead atoms. The van der Waals surface area contributed by atoms with Gasteiger partial charge in [0.1, 0.15) is 0 Å². The van der Waals surface area contributed by atoms with Gasteiger partial charge in [0.25, 0.3) is 0 Å². The fraction of sp³-hybridized carbons (Fsp3) is 0.286. The van der Waals surface area contributed by atoms with Crippen molar-refractivity contribution in [2.45, 2.75) is 19.9 Å². The topological polar surface area (TPSA) is 79.5 Å². The molecular weight excluding hydrogens is 246 g/mol. The van der Waals surface area contributed by atoms with E-state index in [1.807, 2.05) is 4.57 Å². The maximum atomic E-state index is 11.3. The monoisotopic (exact) mass is 261 g/mol. The Kier molecular flexibility index (Phi) is 3.66. The molecule has 0 unspecified atom stereocenters. The lowest BCUT2D eigenvalue weighted by molar-refractivity contribution is 0.0699. The van der Waals surface area contributed by atoms with Crippen molar-refractivity contribution in [3.8, 4) is 0 Å². The molecule has 0 amide bonds. The Morgan fingerprint density at radius 1 is 1.42 bits per heavy atom. The lowest BCUT2D eigenvalue weighted by Gasteiger charge is -2.07. The van der Waals surface area contributed by atoms with Gasteiger partial charge in [-0.15, -0.1) is 0 Å². The van der Waals surface area contributed by atoms with Crippen LogP contribution in [0.3, 0.4) is 0 Å². The number of carbonyl (C=O) groups is 2. The number of aromatic nitrogens is 1. The summed E-state index contributed by atoms with van der Waals surface area (Å²) < 4.78 is 1.88. The summed E-state index contributed by atoms with van der Waals surface area (Å²) >= 11 is 0. The van der Waals surface area contributed by atoms with Gasteiger partial charge in [-0.1, -0.05) is 6.07 Å². The third-order valence-electron chi connectivity index (χ3n) is 3.29. The number of aryl methyl sites for hydroxylation is 1. The number of carboxylic acids is 1. The van der Waals surface area contributed by atoms with Crippen LogP contribution in [0.2, 0.25) is 0 Å². The van der Waals surface area contributed by atoms with Crippen LogP contribution in [0.15, 0.2) is 18.2 Å². The molecule has 0 saturated heterocycles. The summed E-state index contributed by atoms with van der Waals surface area (Å²) in [5.41, 5.74) is 1.98. The first kappa shape index (κ1) is 13.3. The number of fused-ring (bicyclic) bond motifs is 1. The van der Waals surface area contributed by atoms with Crippen LogP contribution in [-0.2, 0) is 6.54 Å². The second kappa shape index (κ2) is 5.24. The van der Waals surface area contributed by atoms with Crippen LogP contribution in [0.1, 0.15) is 32.8 Å². The summed E-state index contributed by atoms with van der Waals surface area (Å²) in [4.78, 5) is 22.5. The summed E-state index contributed by atoms with van der Waals surface area (Å²) in [7, 11) is 0. The highest BCUT2D eigenvalue weighted by molar-refractivity contribution is 6.10. The first-order valence-electron chi connectivity index (χ1n) is 6.03. The second-order valence-corrected chi connectivity index (χ2v) is 4.35. The number of hydrogen-bond acceptors (Lipinski definition) is 3. The van der Waals surface area contributed by atoms with Gasteiger partial charge in [0.05, 0.1) is 5.56 Å². The van der Waals surface area contributed by atoms with Crippen molar-refractivity contribution in [2.24, 2.45) is 0 Å².